The van der Waals surface area contributed by atoms with Gasteiger partial charge in [-0.1, -0.05) is 50.1 Å². The number of nitrogens with one attached hydrogen (secondary N) is 8. The molecule has 8 bridgehead atoms. The first-order chi connectivity index (χ1) is 20.7. The maximum atomic E-state index is 12.2. The zero-order valence-electron chi connectivity index (χ0n) is 25.9. The summed E-state index contributed by atoms with van der Waals surface area (Å²) >= 11 is 0. The molecule has 17 atom stereocenters. The molecule has 1 radical (unpaired) electrons. The fraction of sp³-hybridized carbons (Fsp3) is 1.00. The minimum atomic E-state index is -0.100. The summed E-state index contributed by atoms with van der Waals surface area (Å²) in [6.07, 6.45) is 21.5. The Bertz CT molecular complexity index is 1010. The average molecular weight is 671 g/mol. The monoisotopic (exact) mass is 670 g/mol. The van der Waals surface area contributed by atoms with Crippen LogP contribution in [0.4, 0.5) is 0 Å². The normalized spacial score (nSPS) is 55.8. The topological polar surface area (TPSA) is 126 Å². The van der Waals surface area contributed by atoms with Crippen LogP contribution in [0.25, 0.3) is 0 Å². The smallest absolute Gasteiger partial charge is 0.0979 e. The Hall–Kier alpha value is 0.384. The van der Waals surface area contributed by atoms with Gasteiger partial charge in [0.25, 0.3) is 0 Å². The van der Waals surface area contributed by atoms with Gasteiger partial charge in [0.05, 0.1) is 55.4 Å². The van der Waals surface area contributed by atoms with Gasteiger partial charge in [0.15, 0.2) is 0 Å². The molecule has 43 heavy (non-hydrogen) atoms. The van der Waals surface area contributed by atoms with Crippen LogP contribution in [0.15, 0.2) is 5.18 Å². The van der Waals surface area contributed by atoms with Gasteiger partial charge in [-0.15, -0.1) is 0 Å². The molecule has 4 saturated carbocycles. The molecule has 10 nitrogen and oxygen atoms in total. The number of hydrogen-bond acceptors (Lipinski definition) is 10. The quantitative estimate of drug-likeness (QED) is 0.199. The molecule has 9 aliphatic rings. The van der Waals surface area contributed by atoms with Crippen molar-refractivity contribution in [3.8, 4) is 0 Å². The second-order valence-electron chi connectivity index (χ2n) is 15.8. The zero-order valence-corrected chi connectivity index (χ0v) is 28.7. The summed E-state index contributed by atoms with van der Waals surface area (Å²) in [6, 6.07) is -0.100. The molecule has 9 rings (SSSR count). The molecule has 0 aromatic rings. The van der Waals surface area contributed by atoms with E-state index in [0.717, 1.165) is 12.8 Å². The zero-order chi connectivity index (χ0) is 27.8. The van der Waals surface area contributed by atoms with Crippen molar-refractivity contribution in [2.45, 2.75) is 152 Å². The molecule has 5 heterocycles. The molecule has 5 saturated heterocycles. The van der Waals surface area contributed by atoms with Crippen molar-refractivity contribution in [3.05, 3.63) is 4.91 Å². The fourth-order valence-electron chi connectivity index (χ4n) is 12.1. The van der Waals surface area contributed by atoms with Gasteiger partial charge in [-0.25, -0.2) is 0 Å². The van der Waals surface area contributed by atoms with Crippen LogP contribution in [0.5, 0.6) is 0 Å². The van der Waals surface area contributed by atoms with Gasteiger partial charge in [-0.05, 0) is 92.8 Å². The Morgan fingerprint density at radius 1 is 0.349 bits per heavy atom. The summed E-state index contributed by atoms with van der Waals surface area (Å²) in [5.74, 6) is 4.69. The first-order valence-electron chi connectivity index (χ1n) is 18.2. The second-order valence-corrected chi connectivity index (χ2v) is 15.8. The molecule has 17 unspecified atom stereocenters. The maximum Gasteiger partial charge on any atom is 0.0979 e. The molecule has 237 valence electrons. The number of hydrogen-bond donors (Lipinski definition) is 8. The molecule has 0 aromatic carbocycles. The number of nitroso groups, excluding NO2 is 1. The summed E-state index contributed by atoms with van der Waals surface area (Å²) in [5, 5.41) is 36.9. The van der Waals surface area contributed by atoms with Crippen molar-refractivity contribution in [2.75, 3.05) is 0 Å². The van der Waals surface area contributed by atoms with Crippen molar-refractivity contribution in [3.63, 3.8) is 0 Å². The van der Waals surface area contributed by atoms with E-state index in [2.05, 4.69) is 47.7 Å². The Morgan fingerprint density at radius 3 is 0.953 bits per heavy atom. The minimum Gasteiger partial charge on any atom is -0.286 e. The third kappa shape index (κ3) is 5.38. The number of rotatable bonds is 1. The Balaban J connectivity index is 0.00000278. The molecule has 8 N–H and O–H groups in total. The molecule has 11 heteroatoms. The van der Waals surface area contributed by atoms with E-state index in [0.29, 0.717) is 72.3 Å². The Morgan fingerprint density at radius 2 is 0.628 bits per heavy atom. The van der Waals surface area contributed by atoms with Crippen LogP contribution in [-0.2, 0) is 32.7 Å². The Labute approximate surface area is 282 Å². The van der Waals surface area contributed by atoms with Crippen molar-refractivity contribution >= 4 is 0 Å². The van der Waals surface area contributed by atoms with Gasteiger partial charge < -0.3 is 0 Å². The van der Waals surface area contributed by atoms with Gasteiger partial charge in [-0.3, -0.25) is 42.5 Å². The van der Waals surface area contributed by atoms with Crippen molar-refractivity contribution in [1.82, 2.24) is 42.5 Å². The Kier molecular flexibility index (Phi) is 9.12. The van der Waals surface area contributed by atoms with Crippen LogP contribution >= 0.6 is 0 Å². The van der Waals surface area contributed by atoms with E-state index < -0.39 is 0 Å². The average Bonchev–Trinajstić information content (AvgIpc) is 3.76. The molecular weight excluding hydrogens is 615 g/mol. The molecule has 4 aliphatic carbocycles. The van der Waals surface area contributed by atoms with Crippen LogP contribution < -0.4 is 42.5 Å². The van der Waals surface area contributed by atoms with Gasteiger partial charge in [0, 0.05) is 38.6 Å². The van der Waals surface area contributed by atoms with Crippen molar-refractivity contribution in [1.29, 1.82) is 0 Å². The minimum absolute atomic E-state index is 0. The summed E-state index contributed by atoms with van der Waals surface area (Å²) in [7, 11) is 0. The predicted octanol–water partition coefficient (Wildman–Crippen LogP) is 2.35. The molecular formula is C32H55N9OY. The first-order valence-corrected chi connectivity index (χ1v) is 18.2. The number of nitrogens with zero attached hydrogens (tertiary/aromatic N) is 1. The van der Waals surface area contributed by atoms with Gasteiger partial charge >= 0.3 is 0 Å². The first kappa shape index (κ1) is 30.7. The van der Waals surface area contributed by atoms with E-state index in [4.69, 9.17) is 0 Å². The van der Waals surface area contributed by atoms with Crippen molar-refractivity contribution in [2.24, 2.45) is 52.5 Å². The molecule has 0 spiro atoms. The molecule has 0 aromatic heterocycles. The number of fused-ring (bicyclic) bond motifs is 20. The largest absolute Gasteiger partial charge is 0.286 e. The summed E-state index contributed by atoms with van der Waals surface area (Å²) < 4.78 is 0. The molecule has 0 amide bonds. The van der Waals surface area contributed by atoms with Crippen molar-refractivity contribution < 1.29 is 32.7 Å². The van der Waals surface area contributed by atoms with E-state index in [-0.39, 0.29) is 63.2 Å². The molecule has 9 fully saturated rings. The van der Waals surface area contributed by atoms with Gasteiger partial charge in [0.1, 0.15) is 0 Å². The molecule has 5 aliphatic heterocycles. The predicted molar refractivity (Wildman–Crippen MR) is 162 cm³/mol. The second kappa shape index (κ2) is 12.8. The van der Waals surface area contributed by atoms with E-state index in [1.807, 2.05) is 0 Å². The fourth-order valence-corrected chi connectivity index (χ4v) is 12.1. The van der Waals surface area contributed by atoms with Crippen LogP contribution in [0.1, 0.15) is 96.3 Å². The van der Waals surface area contributed by atoms with Crippen LogP contribution in [0.2, 0.25) is 0 Å². The van der Waals surface area contributed by atoms with Gasteiger partial charge in [-0.2, -0.15) is 4.91 Å². The third-order valence-electron chi connectivity index (χ3n) is 14.0. The summed E-state index contributed by atoms with van der Waals surface area (Å²) in [5.41, 5.74) is 0. The van der Waals surface area contributed by atoms with Crippen LogP contribution in [0, 0.1) is 52.3 Å². The summed E-state index contributed by atoms with van der Waals surface area (Å²) in [6.45, 7) is 0. The van der Waals surface area contributed by atoms with E-state index >= 15 is 0 Å². The third-order valence-corrected chi connectivity index (χ3v) is 14.0. The SMILES string of the molecule is O=NC1CCCC2C3NC4NC(NC5NC(NC6NC(NC(N3)C12)C1CCCCC61)C1CCCCC51)C1CCCCC41.[Y]. The van der Waals surface area contributed by atoms with E-state index in [9.17, 15) is 4.91 Å². The maximum absolute atomic E-state index is 12.2. The van der Waals surface area contributed by atoms with Gasteiger partial charge in [0.2, 0.25) is 0 Å². The van der Waals surface area contributed by atoms with E-state index in [1.54, 1.807) is 0 Å². The summed E-state index contributed by atoms with van der Waals surface area (Å²) in [4.78, 5) is 12.2. The van der Waals surface area contributed by atoms with E-state index in [1.165, 1.54) is 83.5 Å². The van der Waals surface area contributed by atoms with Crippen LogP contribution in [0.3, 0.4) is 0 Å². The standard InChI is InChI=1S/C32H55N9O.Y/c42-41-23-15-7-14-22-24(23)32-39-30-21-13-6-5-12-20(21)28(37-30)35-26-17-9-2-1-8-16(17)25(33-26)34-27-18-10-3-4-11-19(18)29(36-27)38-31(22)40-32;/h16-40H,1-15H2;. The van der Waals surface area contributed by atoms with Crippen LogP contribution in [-0.4, -0.2) is 55.4 Å².